The number of benzene rings is 1. The molecule has 3 aliphatic heterocycles. The van der Waals surface area contributed by atoms with Crippen LogP contribution in [0.2, 0.25) is 0 Å². The van der Waals surface area contributed by atoms with Crippen LogP contribution in [0.3, 0.4) is 0 Å². The number of likely N-dealkylation sites (tertiary alicyclic amines) is 3. The highest BCUT2D eigenvalue weighted by atomic mass is 19.4. The van der Waals surface area contributed by atoms with Gasteiger partial charge in [0.05, 0.1) is 17.0 Å². The van der Waals surface area contributed by atoms with Gasteiger partial charge in [0.1, 0.15) is 6.33 Å². The Bertz CT molecular complexity index is 1150. The maximum atomic E-state index is 13.2. The van der Waals surface area contributed by atoms with Gasteiger partial charge in [0.2, 0.25) is 0 Å². The summed E-state index contributed by atoms with van der Waals surface area (Å²) >= 11 is 0. The number of aromatic nitrogens is 2. The van der Waals surface area contributed by atoms with Gasteiger partial charge >= 0.3 is 12.1 Å². The SMILES string of the molecule is Cc1ncnc(C)c1C(=O)N1CC2CN(CCC(c3ccccc3)C3CCN(C(=O)C(F)(F)F)CC3)CC2C1. The second kappa shape index (κ2) is 11.2. The minimum Gasteiger partial charge on any atom is -0.338 e. The first-order valence-electron chi connectivity index (χ1n) is 13.8. The molecule has 0 spiro atoms. The summed E-state index contributed by atoms with van der Waals surface area (Å²) in [7, 11) is 0. The van der Waals surface area contributed by atoms with E-state index >= 15 is 0 Å². The van der Waals surface area contributed by atoms with Gasteiger partial charge in [0.15, 0.2) is 0 Å². The topological polar surface area (TPSA) is 69.6 Å². The summed E-state index contributed by atoms with van der Waals surface area (Å²) < 4.78 is 38.7. The third-order valence-corrected chi connectivity index (χ3v) is 8.91. The summed E-state index contributed by atoms with van der Waals surface area (Å²) in [4.78, 5) is 38.7. The monoisotopic (exact) mass is 543 g/mol. The van der Waals surface area contributed by atoms with Crippen molar-refractivity contribution in [3.05, 3.63) is 59.2 Å². The van der Waals surface area contributed by atoms with Gasteiger partial charge in [0.25, 0.3) is 5.91 Å². The van der Waals surface area contributed by atoms with Gasteiger partial charge in [-0.05, 0) is 68.9 Å². The fourth-order valence-electron chi connectivity index (χ4n) is 6.88. The fourth-order valence-corrected chi connectivity index (χ4v) is 6.88. The number of nitrogens with zero attached hydrogens (tertiary/aromatic N) is 5. The van der Waals surface area contributed by atoms with Gasteiger partial charge in [-0.2, -0.15) is 13.2 Å². The summed E-state index contributed by atoms with van der Waals surface area (Å²) in [5.41, 5.74) is 3.26. The van der Waals surface area contributed by atoms with E-state index in [9.17, 15) is 22.8 Å². The summed E-state index contributed by atoms with van der Waals surface area (Å²) in [5, 5.41) is 0. The average Bonchev–Trinajstić information content (AvgIpc) is 3.48. The van der Waals surface area contributed by atoms with Crippen molar-refractivity contribution in [1.29, 1.82) is 0 Å². The van der Waals surface area contributed by atoms with Crippen LogP contribution in [0.25, 0.3) is 0 Å². The Labute approximate surface area is 227 Å². The average molecular weight is 544 g/mol. The maximum Gasteiger partial charge on any atom is 0.471 e. The molecule has 3 saturated heterocycles. The molecule has 7 nitrogen and oxygen atoms in total. The zero-order chi connectivity index (χ0) is 27.7. The van der Waals surface area contributed by atoms with E-state index in [2.05, 4.69) is 27.0 Å². The zero-order valence-corrected chi connectivity index (χ0v) is 22.5. The Balaban J connectivity index is 1.17. The van der Waals surface area contributed by atoms with Crippen LogP contribution in [0.5, 0.6) is 0 Å². The smallest absolute Gasteiger partial charge is 0.338 e. The Morgan fingerprint density at radius 1 is 0.923 bits per heavy atom. The van der Waals surface area contributed by atoms with Crippen molar-refractivity contribution in [2.45, 2.75) is 45.2 Å². The molecule has 210 valence electrons. The van der Waals surface area contributed by atoms with Crippen molar-refractivity contribution in [2.24, 2.45) is 17.8 Å². The number of aryl methyl sites for hydroxylation is 2. The highest BCUT2D eigenvalue weighted by Crippen LogP contribution is 2.38. The quantitative estimate of drug-likeness (QED) is 0.550. The van der Waals surface area contributed by atoms with Gasteiger partial charge in [-0.1, -0.05) is 30.3 Å². The molecule has 3 aliphatic rings. The molecule has 2 aromatic rings. The van der Waals surface area contributed by atoms with Crippen molar-refractivity contribution in [1.82, 2.24) is 24.7 Å². The molecule has 39 heavy (non-hydrogen) atoms. The van der Waals surface area contributed by atoms with E-state index in [1.807, 2.05) is 36.9 Å². The molecule has 5 rings (SSSR count). The van der Waals surface area contributed by atoms with Crippen molar-refractivity contribution in [3.8, 4) is 0 Å². The van der Waals surface area contributed by atoms with Crippen LogP contribution in [-0.4, -0.2) is 88.5 Å². The molecule has 0 radical (unpaired) electrons. The molecule has 3 unspecified atom stereocenters. The van der Waals surface area contributed by atoms with E-state index in [0.717, 1.165) is 44.0 Å². The molecular weight excluding hydrogens is 507 g/mol. The van der Waals surface area contributed by atoms with Crippen molar-refractivity contribution in [3.63, 3.8) is 0 Å². The fraction of sp³-hybridized carbons (Fsp3) is 0.586. The predicted molar refractivity (Wildman–Crippen MR) is 140 cm³/mol. The molecule has 0 saturated carbocycles. The van der Waals surface area contributed by atoms with Gasteiger partial charge in [-0.15, -0.1) is 0 Å². The van der Waals surface area contributed by atoms with Crippen LogP contribution < -0.4 is 0 Å². The minimum atomic E-state index is -4.81. The van der Waals surface area contributed by atoms with Gasteiger partial charge < -0.3 is 14.7 Å². The van der Waals surface area contributed by atoms with Crippen molar-refractivity contribution in [2.75, 3.05) is 45.8 Å². The first kappa shape index (κ1) is 27.6. The third-order valence-electron chi connectivity index (χ3n) is 8.91. The molecule has 0 aliphatic carbocycles. The van der Waals surface area contributed by atoms with Crippen LogP contribution in [0.1, 0.15) is 52.5 Å². The lowest BCUT2D eigenvalue weighted by molar-refractivity contribution is -0.186. The normalized spacial score (nSPS) is 23.2. The number of rotatable bonds is 6. The lowest BCUT2D eigenvalue weighted by atomic mass is 9.78. The first-order chi connectivity index (χ1) is 18.6. The van der Waals surface area contributed by atoms with Gasteiger partial charge in [-0.3, -0.25) is 9.59 Å². The van der Waals surface area contributed by atoms with Crippen LogP contribution in [0.15, 0.2) is 36.7 Å². The van der Waals surface area contributed by atoms with Crippen molar-refractivity contribution >= 4 is 11.8 Å². The Morgan fingerprint density at radius 3 is 2.08 bits per heavy atom. The van der Waals surface area contributed by atoms with E-state index in [-0.39, 0.29) is 30.8 Å². The lowest BCUT2D eigenvalue weighted by Crippen LogP contribution is -2.46. The molecule has 0 N–H and O–H groups in total. The number of piperidine rings is 1. The lowest BCUT2D eigenvalue weighted by Gasteiger charge is -2.37. The number of hydrogen-bond donors (Lipinski definition) is 0. The van der Waals surface area contributed by atoms with Gasteiger partial charge in [-0.25, -0.2) is 9.97 Å². The zero-order valence-electron chi connectivity index (χ0n) is 22.5. The highest BCUT2D eigenvalue weighted by molar-refractivity contribution is 5.96. The third kappa shape index (κ3) is 5.95. The van der Waals surface area contributed by atoms with E-state index < -0.39 is 12.1 Å². The summed E-state index contributed by atoms with van der Waals surface area (Å²) in [6.07, 6.45) is -1.25. The maximum absolute atomic E-state index is 13.2. The minimum absolute atomic E-state index is 0.0195. The molecular formula is C29H36F3N5O2. The Hall–Kier alpha value is -3.01. The van der Waals surface area contributed by atoms with Crippen LogP contribution >= 0.6 is 0 Å². The molecule has 0 bridgehead atoms. The predicted octanol–water partition coefficient (Wildman–Crippen LogP) is 4.07. The van der Waals surface area contributed by atoms with Crippen molar-refractivity contribution < 1.29 is 22.8 Å². The number of amides is 2. The van der Waals surface area contributed by atoms with E-state index in [4.69, 9.17) is 0 Å². The largest absolute Gasteiger partial charge is 0.471 e. The number of carbonyl (C=O) groups is 2. The molecule has 1 aromatic carbocycles. The molecule has 1 aromatic heterocycles. The van der Waals surface area contributed by atoms with Crippen LogP contribution in [0.4, 0.5) is 13.2 Å². The van der Waals surface area contributed by atoms with E-state index in [1.54, 1.807) is 0 Å². The van der Waals surface area contributed by atoms with Gasteiger partial charge in [0, 0.05) is 39.3 Å². The number of hydrogen-bond acceptors (Lipinski definition) is 5. The van der Waals surface area contributed by atoms with Crippen LogP contribution in [0, 0.1) is 31.6 Å². The Morgan fingerprint density at radius 2 is 1.51 bits per heavy atom. The molecule has 3 fully saturated rings. The summed E-state index contributed by atoms with van der Waals surface area (Å²) in [6, 6.07) is 10.2. The molecule has 3 atom stereocenters. The second-order valence-corrected chi connectivity index (χ2v) is 11.3. The number of halogens is 3. The standard InChI is InChI=1S/C29H36F3N5O2/c1-19-26(20(2)34-18-33-19)27(38)37-16-23-14-35(15-24(23)17-37)11-10-25(21-6-4-3-5-7-21)22-8-12-36(13-9-22)28(39)29(30,31)32/h3-7,18,22-25H,8-17H2,1-2H3. The van der Waals surface area contributed by atoms with E-state index in [1.165, 1.54) is 11.9 Å². The summed E-state index contributed by atoms with van der Waals surface area (Å²) in [6.45, 7) is 8.26. The number of fused-ring (bicyclic) bond motifs is 1. The first-order valence-corrected chi connectivity index (χ1v) is 13.8. The number of alkyl halides is 3. The Kier molecular flexibility index (Phi) is 7.94. The molecule has 10 heteroatoms. The molecule has 2 amide bonds. The number of carbonyl (C=O) groups excluding carboxylic acids is 2. The second-order valence-electron chi connectivity index (χ2n) is 11.3. The summed E-state index contributed by atoms with van der Waals surface area (Å²) in [5.74, 6) is -0.363. The highest BCUT2D eigenvalue weighted by Gasteiger charge is 2.45. The molecule has 4 heterocycles. The van der Waals surface area contributed by atoms with Crippen LogP contribution in [-0.2, 0) is 4.79 Å². The van der Waals surface area contributed by atoms with E-state index in [0.29, 0.717) is 41.6 Å².